The monoisotopic (exact) mass is 1240 g/mol. The van der Waals surface area contributed by atoms with Crippen LogP contribution >= 0.6 is 0 Å². The van der Waals surface area contributed by atoms with Crippen LogP contribution in [-0.4, -0.2) is 0 Å². The van der Waals surface area contributed by atoms with Crippen molar-refractivity contribution in [2.24, 2.45) is 0 Å². The van der Waals surface area contributed by atoms with E-state index < -0.39 is 0 Å². The number of benzene rings is 11. The van der Waals surface area contributed by atoms with Crippen LogP contribution in [0.5, 0.6) is 0 Å². The molecule has 0 saturated heterocycles. The first kappa shape index (κ1) is 66.5. The summed E-state index contributed by atoms with van der Waals surface area (Å²) in [5.74, 6) is 0. The molecule has 0 N–H and O–H groups in total. The first-order chi connectivity index (χ1) is 43.8. The number of hydrogen-bond acceptors (Lipinski definition) is 0. The Morgan fingerprint density at radius 1 is 0.0638 bits per heavy atom. The molecule has 0 radical (unpaired) electrons. The molecule has 0 amide bonds. The topological polar surface area (TPSA) is 0 Å². The molecular weight excluding hydrogens is 1130 g/mol. The van der Waals surface area contributed by atoms with Crippen molar-refractivity contribution in [2.45, 2.75) is 249 Å². The smallest absolute Gasteiger partial charge is 0.000422 e. The van der Waals surface area contributed by atoms with Gasteiger partial charge in [0, 0.05) is 0 Å². The highest BCUT2D eigenvalue weighted by molar-refractivity contribution is 6.32. The SMILES string of the molecule is Cc1c(C)c(C)c(-c2c3c(c(-c4c(C)c(C)c(C)c(C)c4C)c4c(C)c(-c5c(C)c(C)c6c(-c7c(C)c(C)c(C)c(C)c7C)c7c(C)c(C)c(C)c(C)c7c(-c7c(C)c(C)c(C)c(C)c7C)c6c5C)c(C)c(C)c24)-c2c(C)c(C)c(C)c4c(C)c(C)c(C)c-3c24)c(C)c1C. The van der Waals surface area contributed by atoms with Gasteiger partial charge in [-0.05, 0) is 571 Å². The molecule has 0 fully saturated rings. The highest BCUT2D eigenvalue weighted by Gasteiger charge is 2.40. The quantitative estimate of drug-likeness (QED) is 0.151. The maximum absolute atomic E-state index is 2.56. The van der Waals surface area contributed by atoms with Crippen molar-refractivity contribution < 1.29 is 0 Å². The van der Waals surface area contributed by atoms with Crippen molar-refractivity contribution in [3.8, 4) is 77.9 Å². The van der Waals surface area contributed by atoms with Crippen molar-refractivity contribution >= 4 is 43.1 Å². The van der Waals surface area contributed by atoms with Gasteiger partial charge >= 0.3 is 0 Å². The average Bonchev–Trinajstić information content (AvgIpc) is 1.36. The zero-order valence-electron chi connectivity index (χ0n) is 65.0. The molecule has 0 aromatic heterocycles. The minimum absolute atomic E-state index is 1.37. The van der Waals surface area contributed by atoms with E-state index in [1.165, 1.54) is 321 Å². The van der Waals surface area contributed by atoms with Gasteiger partial charge in [-0.15, -0.1) is 0 Å². The lowest BCUT2D eigenvalue weighted by molar-refractivity contribution is 1.18. The van der Waals surface area contributed by atoms with Crippen molar-refractivity contribution in [2.75, 3.05) is 0 Å². The molecule has 0 atom stereocenters. The van der Waals surface area contributed by atoms with Crippen LogP contribution in [0.2, 0.25) is 0 Å². The van der Waals surface area contributed by atoms with Crippen LogP contribution in [0.4, 0.5) is 0 Å². The lowest BCUT2D eigenvalue weighted by Crippen LogP contribution is -2.09. The van der Waals surface area contributed by atoms with Crippen LogP contribution in [-0.2, 0) is 0 Å². The summed E-state index contributed by atoms with van der Waals surface area (Å²) in [6.07, 6.45) is 0. The van der Waals surface area contributed by atoms with Crippen molar-refractivity contribution in [1.29, 1.82) is 0 Å². The fraction of sp³-hybridized carbons (Fsp3) is 0.383. The van der Waals surface area contributed by atoms with Crippen LogP contribution in [0, 0.1) is 249 Å². The Kier molecular flexibility index (Phi) is 15.6. The van der Waals surface area contributed by atoms with Crippen molar-refractivity contribution in [1.82, 2.24) is 0 Å². The van der Waals surface area contributed by atoms with Crippen LogP contribution in [0.1, 0.15) is 200 Å². The van der Waals surface area contributed by atoms with E-state index in [9.17, 15) is 0 Å². The first-order valence-electron chi connectivity index (χ1n) is 35.2. The van der Waals surface area contributed by atoms with Crippen LogP contribution in [0.25, 0.3) is 121 Å². The summed E-state index contributed by atoms with van der Waals surface area (Å²) in [5, 5.41) is 11.3. The van der Waals surface area contributed by atoms with Gasteiger partial charge in [0.05, 0.1) is 0 Å². The molecule has 0 spiro atoms. The van der Waals surface area contributed by atoms with Gasteiger partial charge in [-0.2, -0.15) is 0 Å². The minimum Gasteiger partial charge on any atom is -0.0447 e. The van der Waals surface area contributed by atoms with Gasteiger partial charge in [0.25, 0.3) is 0 Å². The second-order valence-electron chi connectivity index (χ2n) is 30.8. The number of fused-ring (bicyclic) bond motifs is 6. The van der Waals surface area contributed by atoms with Crippen LogP contribution in [0.15, 0.2) is 0 Å². The fourth-order valence-electron chi connectivity index (χ4n) is 19.3. The molecule has 0 bridgehead atoms. The first-order valence-corrected chi connectivity index (χ1v) is 35.2. The summed E-state index contributed by atoms with van der Waals surface area (Å²) in [5.41, 5.74) is 69.9. The van der Waals surface area contributed by atoms with Crippen molar-refractivity contribution in [3.05, 3.63) is 200 Å². The molecule has 0 nitrogen and oxygen atoms in total. The summed E-state index contributed by atoms with van der Waals surface area (Å²) < 4.78 is 0. The minimum atomic E-state index is 1.37. The number of aryl methyl sites for hydroxylation is 8. The summed E-state index contributed by atoms with van der Waals surface area (Å²) in [6, 6.07) is 0. The molecule has 12 rings (SSSR count). The highest BCUT2D eigenvalue weighted by Crippen LogP contribution is 2.65. The molecule has 0 heteroatoms. The average molecular weight is 1240 g/mol. The number of hydrogen-bond donors (Lipinski definition) is 0. The summed E-state index contributed by atoms with van der Waals surface area (Å²) in [7, 11) is 0. The Morgan fingerprint density at radius 3 is 0.447 bits per heavy atom. The van der Waals surface area contributed by atoms with E-state index >= 15 is 0 Å². The zero-order valence-corrected chi connectivity index (χ0v) is 65.0. The van der Waals surface area contributed by atoms with Crippen LogP contribution < -0.4 is 0 Å². The van der Waals surface area contributed by atoms with Gasteiger partial charge in [-0.3, -0.25) is 0 Å². The standard InChI is InChI=1S/C94H108/c1-37-41(5)53(17)73(54(18)42(37)6)88-80-63(27)49(13)50(14)64(28)81(80)89(74-55(19)43(7)38(2)44(8)56(74)20)86-71(35)78(67(31)69(33)82(86)88)79-68(32)70(34)83-87(72(79)36)92(77-59(23)47(11)40(4)48(12)60(77)24)94-85-66(30)52(16)62(26)75-61(25)51(15)65(29)84(90(75)85)93(94)91(83)76-57(21)45(9)39(3)46(10)58(76)22/h1-36H3. The molecule has 0 unspecified atom stereocenters. The second-order valence-corrected chi connectivity index (χ2v) is 30.8. The molecule has 11 aromatic rings. The fourth-order valence-corrected chi connectivity index (χ4v) is 19.3. The Bertz CT molecular complexity index is 5340. The largest absolute Gasteiger partial charge is 0.0447 e. The maximum atomic E-state index is 2.56. The Balaban J connectivity index is 1.46. The molecule has 484 valence electrons. The van der Waals surface area contributed by atoms with E-state index in [-0.39, 0.29) is 0 Å². The predicted molar refractivity (Wildman–Crippen MR) is 419 cm³/mol. The highest BCUT2D eigenvalue weighted by atomic mass is 14.4. The Morgan fingerprint density at radius 2 is 0.191 bits per heavy atom. The van der Waals surface area contributed by atoms with Gasteiger partial charge in [0.1, 0.15) is 0 Å². The van der Waals surface area contributed by atoms with Crippen LogP contribution in [0.3, 0.4) is 0 Å². The zero-order chi connectivity index (χ0) is 69.5. The van der Waals surface area contributed by atoms with Crippen molar-refractivity contribution in [3.63, 3.8) is 0 Å². The molecule has 0 saturated carbocycles. The summed E-state index contributed by atoms with van der Waals surface area (Å²) >= 11 is 0. The molecule has 0 heterocycles. The molecule has 11 aromatic carbocycles. The normalized spacial score (nSPS) is 12.3. The van der Waals surface area contributed by atoms with Gasteiger partial charge in [-0.25, -0.2) is 0 Å². The lowest BCUT2D eigenvalue weighted by atomic mass is 9.70. The van der Waals surface area contributed by atoms with E-state index in [4.69, 9.17) is 0 Å². The van der Waals surface area contributed by atoms with E-state index in [1.54, 1.807) is 0 Å². The molecule has 94 heavy (non-hydrogen) atoms. The second kappa shape index (κ2) is 22.0. The molecule has 1 aliphatic carbocycles. The van der Waals surface area contributed by atoms with E-state index in [0.29, 0.717) is 0 Å². The third-order valence-corrected chi connectivity index (χ3v) is 27.8. The van der Waals surface area contributed by atoms with Gasteiger partial charge < -0.3 is 0 Å². The van der Waals surface area contributed by atoms with E-state index in [2.05, 4.69) is 249 Å². The summed E-state index contributed by atoms with van der Waals surface area (Å²) in [4.78, 5) is 0. The van der Waals surface area contributed by atoms with Gasteiger partial charge in [0.2, 0.25) is 0 Å². The predicted octanol–water partition coefficient (Wildman–Crippen LogP) is 27.4. The molecular formula is C94H108. The molecule has 0 aliphatic heterocycles. The Hall–Kier alpha value is -7.54. The number of rotatable bonds is 5. The van der Waals surface area contributed by atoms with E-state index in [0.717, 1.165) is 0 Å². The Labute approximate surface area is 567 Å². The molecule has 1 aliphatic rings. The lowest BCUT2D eigenvalue weighted by Gasteiger charge is -2.33. The maximum Gasteiger partial charge on any atom is -0.000422 e. The van der Waals surface area contributed by atoms with Gasteiger partial charge in [-0.1, -0.05) is 0 Å². The van der Waals surface area contributed by atoms with Gasteiger partial charge in [0.15, 0.2) is 0 Å². The third kappa shape index (κ3) is 8.16. The third-order valence-electron chi connectivity index (χ3n) is 27.8. The summed E-state index contributed by atoms with van der Waals surface area (Å²) in [6.45, 7) is 87.4. The van der Waals surface area contributed by atoms with E-state index in [1.807, 2.05) is 0 Å².